The molecule has 3 aromatic rings. The van der Waals surface area contributed by atoms with Gasteiger partial charge in [0.05, 0.1) is 22.3 Å². The van der Waals surface area contributed by atoms with Gasteiger partial charge >= 0.3 is 0 Å². The summed E-state index contributed by atoms with van der Waals surface area (Å²) in [7, 11) is -2.44. The molecule has 8 nitrogen and oxygen atoms in total. The summed E-state index contributed by atoms with van der Waals surface area (Å²) in [6.07, 6.45) is 0. The van der Waals surface area contributed by atoms with E-state index in [4.69, 9.17) is 11.6 Å². The maximum absolute atomic E-state index is 13.1. The van der Waals surface area contributed by atoms with Crippen LogP contribution in [0.1, 0.15) is 19.7 Å². The zero-order valence-corrected chi connectivity index (χ0v) is 18.9. The Morgan fingerprint density at radius 1 is 1.19 bits per heavy atom. The summed E-state index contributed by atoms with van der Waals surface area (Å²) in [5, 5.41) is 0.730. The summed E-state index contributed by atoms with van der Waals surface area (Å²) in [5.74, 6) is -0.469. The van der Waals surface area contributed by atoms with Gasteiger partial charge in [0.2, 0.25) is 15.9 Å². The molecule has 0 unspecified atom stereocenters. The first-order chi connectivity index (χ1) is 14.6. The van der Waals surface area contributed by atoms with Crippen LogP contribution in [0, 0.1) is 5.92 Å². The molecule has 0 aliphatic carbocycles. The highest BCUT2D eigenvalue weighted by atomic mass is 35.5. The number of benzene rings is 2. The highest BCUT2D eigenvalue weighted by molar-refractivity contribution is 7.89. The van der Waals surface area contributed by atoms with Crippen molar-refractivity contribution in [3.63, 3.8) is 0 Å². The van der Waals surface area contributed by atoms with E-state index < -0.39 is 22.0 Å². The molecule has 0 saturated carbocycles. The largest absolute Gasteiger partial charge is 0.337 e. The molecule has 2 aromatic carbocycles. The van der Waals surface area contributed by atoms with Gasteiger partial charge in [-0.3, -0.25) is 9.59 Å². The van der Waals surface area contributed by atoms with Crippen molar-refractivity contribution >= 4 is 38.4 Å². The number of fused-ring (bicyclic) bond motifs is 1. The van der Waals surface area contributed by atoms with Gasteiger partial charge < -0.3 is 9.88 Å². The van der Waals surface area contributed by atoms with Crippen LogP contribution in [0.15, 0.2) is 58.2 Å². The number of aromatic amines is 1. The Morgan fingerprint density at radius 3 is 2.58 bits per heavy atom. The minimum Gasteiger partial charge on any atom is -0.337 e. The molecule has 3 rings (SSSR count). The number of hydrogen-bond acceptors (Lipinski definition) is 5. The van der Waals surface area contributed by atoms with Gasteiger partial charge in [-0.2, -0.15) is 4.72 Å². The lowest BCUT2D eigenvalue weighted by Gasteiger charge is -2.26. The molecule has 2 N–H and O–H groups in total. The van der Waals surface area contributed by atoms with Crippen molar-refractivity contribution in [2.24, 2.45) is 5.92 Å². The Kier molecular flexibility index (Phi) is 6.78. The minimum absolute atomic E-state index is 0.0149. The third-order valence-corrected chi connectivity index (χ3v) is 6.42. The van der Waals surface area contributed by atoms with Gasteiger partial charge in [-0.05, 0) is 36.2 Å². The summed E-state index contributed by atoms with van der Waals surface area (Å²) in [6, 6.07) is 11.7. The molecule has 0 radical (unpaired) electrons. The van der Waals surface area contributed by atoms with Crippen LogP contribution in [0.5, 0.6) is 0 Å². The number of sulfonamides is 1. The number of hydrogen-bond donors (Lipinski definition) is 2. The molecule has 0 bridgehead atoms. The van der Waals surface area contributed by atoms with Gasteiger partial charge in [0.25, 0.3) is 5.56 Å². The highest BCUT2D eigenvalue weighted by Crippen LogP contribution is 2.18. The predicted octanol–water partition coefficient (Wildman–Crippen LogP) is 2.54. The van der Waals surface area contributed by atoms with Crippen LogP contribution in [0.2, 0.25) is 5.02 Å². The fourth-order valence-electron chi connectivity index (χ4n) is 3.09. The van der Waals surface area contributed by atoms with Crippen molar-refractivity contribution in [2.75, 3.05) is 7.05 Å². The van der Waals surface area contributed by atoms with Crippen LogP contribution in [-0.4, -0.2) is 42.3 Å². The van der Waals surface area contributed by atoms with Crippen molar-refractivity contribution in [1.82, 2.24) is 19.6 Å². The lowest BCUT2D eigenvalue weighted by Crippen LogP contribution is -2.50. The molecule has 0 saturated heterocycles. The summed E-state index contributed by atoms with van der Waals surface area (Å²) in [4.78, 5) is 33.7. The summed E-state index contributed by atoms with van der Waals surface area (Å²) >= 11 is 5.90. The predicted molar refractivity (Wildman–Crippen MR) is 119 cm³/mol. The SMILES string of the molecule is CC(C)[C@H](NS(=O)(=O)c1cccc(Cl)c1)C(=O)N(C)Cc1nc2ccccc2c(=O)[nH]1. The topological polar surface area (TPSA) is 112 Å². The molecule has 0 fully saturated rings. The highest BCUT2D eigenvalue weighted by Gasteiger charge is 2.30. The number of nitrogens with zero attached hydrogens (tertiary/aromatic N) is 2. The summed E-state index contributed by atoms with van der Waals surface area (Å²) in [5.41, 5.74) is 0.215. The number of halogens is 1. The molecular weight excluding hydrogens is 440 g/mol. The Morgan fingerprint density at radius 2 is 1.90 bits per heavy atom. The lowest BCUT2D eigenvalue weighted by molar-refractivity contribution is -0.133. The molecule has 164 valence electrons. The number of aromatic nitrogens is 2. The van der Waals surface area contributed by atoms with Gasteiger partial charge in [0.15, 0.2) is 0 Å². The number of amides is 1. The zero-order valence-electron chi connectivity index (χ0n) is 17.3. The first-order valence-corrected chi connectivity index (χ1v) is 11.5. The minimum atomic E-state index is -3.97. The van der Waals surface area contributed by atoms with E-state index in [0.29, 0.717) is 16.7 Å². The molecule has 1 atom stereocenters. The van der Waals surface area contributed by atoms with E-state index in [-0.39, 0.29) is 27.9 Å². The van der Waals surface area contributed by atoms with Crippen LogP contribution < -0.4 is 10.3 Å². The number of nitrogens with one attached hydrogen (secondary N) is 2. The van der Waals surface area contributed by atoms with Crippen LogP contribution in [0.3, 0.4) is 0 Å². The second-order valence-electron chi connectivity index (χ2n) is 7.52. The van der Waals surface area contributed by atoms with Crippen LogP contribution in [0.25, 0.3) is 10.9 Å². The molecule has 10 heteroatoms. The summed E-state index contributed by atoms with van der Waals surface area (Å²) < 4.78 is 28.0. The van der Waals surface area contributed by atoms with E-state index in [2.05, 4.69) is 14.7 Å². The van der Waals surface area contributed by atoms with Crippen LogP contribution in [-0.2, 0) is 21.4 Å². The first kappa shape index (κ1) is 22.9. The monoisotopic (exact) mass is 462 g/mol. The van der Waals surface area contributed by atoms with Crippen molar-refractivity contribution in [2.45, 2.75) is 31.3 Å². The smallest absolute Gasteiger partial charge is 0.258 e. The lowest BCUT2D eigenvalue weighted by atomic mass is 10.0. The molecule has 31 heavy (non-hydrogen) atoms. The van der Waals surface area contributed by atoms with Crippen LogP contribution >= 0.6 is 11.6 Å². The number of H-pyrrole nitrogens is 1. The van der Waals surface area contributed by atoms with E-state index in [1.54, 1.807) is 44.2 Å². The van der Waals surface area contributed by atoms with Crippen molar-refractivity contribution in [1.29, 1.82) is 0 Å². The normalized spacial score (nSPS) is 12.8. The van der Waals surface area contributed by atoms with Gasteiger partial charge in [-0.1, -0.05) is 43.6 Å². The number of rotatable bonds is 7. The third kappa shape index (κ3) is 5.30. The Bertz CT molecular complexity index is 1270. The summed E-state index contributed by atoms with van der Waals surface area (Å²) in [6.45, 7) is 3.50. The standard InChI is InChI=1S/C21H23ClN4O4S/c1-13(2)19(25-31(29,30)15-8-6-7-14(22)11-15)21(28)26(3)12-18-23-17-10-5-4-9-16(17)20(27)24-18/h4-11,13,19,25H,12H2,1-3H3,(H,23,24,27)/t19-/m0/s1. The maximum atomic E-state index is 13.1. The van der Waals surface area contributed by atoms with Gasteiger partial charge in [0, 0.05) is 12.1 Å². The van der Waals surface area contributed by atoms with Gasteiger partial charge in [0.1, 0.15) is 11.9 Å². The quantitative estimate of drug-likeness (QED) is 0.560. The first-order valence-electron chi connectivity index (χ1n) is 9.59. The van der Waals surface area contributed by atoms with E-state index in [1.807, 2.05) is 0 Å². The second-order valence-corrected chi connectivity index (χ2v) is 9.67. The van der Waals surface area contributed by atoms with Gasteiger partial charge in [-0.25, -0.2) is 13.4 Å². The average molecular weight is 463 g/mol. The Labute approximate surface area is 185 Å². The zero-order chi connectivity index (χ0) is 22.8. The number of carbonyl (C=O) groups is 1. The van der Waals surface area contributed by atoms with E-state index >= 15 is 0 Å². The van der Waals surface area contributed by atoms with Crippen LogP contribution in [0.4, 0.5) is 0 Å². The number of likely N-dealkylation sites (N-methyl/N-ethyl adjacent to an activating group) is 1. The van der Waals surface area contributed by atoms with Gasteiger partial charge in [-0.15, -0.1) is 0 Å². The molecule has 0 aliphatic heterocycles. The molecule has 1 heterocycles. The Hall–Kier alpha value is -2.75. The molecule has 1 amide bonds. The fraction of sp³-hybridized carbons (Fsp3) is 0.286. The molecular formula is C21H23ClN4O4S. The van der Waals surface area contributed by atoms with Crippen molar-refractivity contribution in [3.8, 4) is 0 Å². The Balaban J connectivity index is 1.82. The molecule has 0 spiro atoms. The molecule has 1 aromatic heterocycles. The van der Waals surface area contributed by atoms with E-state index in [0.717, 1.165) is 0 Å². The maximum Gasteiger partial charge on any atom is 0.258 e. The third-order valence-electron chi connectivity index (χ3n) is 4.75. The second kappa shape index (κ2) is 9.17. The van der Waals surface area contributed by atoms with Crippen molar-refractivity contribution in [3.05, 3.63) is 69.7 Å². The number of para-hydroxylation sites is 1. The number of carbonyl (C=O) groups excluding carboxylic acids is 1. The van der Waals surface area contributed by atoms with Crippen molar-refractivity contribution < 1.29 is 13.2 Å². The van der Waals surface area contributed by atoms with E-state index in [1.165, 1.54) is 30.1 Å². The molecule has 0 aliphatic rings. The van der Waals surface area contributed by atoms with E-state index in [9.17, 15) is 18.0 Å². The fourth-order valence-corrected chi connectivity index (χ4v) is 4.73. The average Bonchev–Trinajstić information content (AvgIpc) is 2.71.